The number of hydrogen-bond donors (Lipinski definition) is 4. The van der Waals surface area contributed by atoms with Crippen LogP contribution in [0.5, 0.6) is 5.75 Å². The highest BCUT2D eigenvalue weighted by atomic mass is 16.3. The number of carbonyl (C=O) groups excluding carboxylic acids is 3. The second-order valence-corrected chi connectivity index (χ2v) is 8.35. The number of phenols is 1. The molecule has 0 bridgehead atoms. The monoisotopic (exact) mass is 459 g/mol. The van der Waals surface area contributed by atoms with E-state index in [1.54, 1.807) is 36.4 Å². The molecule has 2 heterocycles. The molecule has 0 unspecified atom stereocenters. The lowest BCUT2D eigenvalue weighted by atomic mass is 9.93. The van der Waals surface area contributed by atoms with Crippen LogP contribution >= 0.6 is 0 Å². The van der Waals surface area contributed by atoms with Crippen molar-refractivity contribution in [3.63, 3.8) is 0 Å². The van der Waals surface area contributed by atoms with Crippen LogP contribution in [-0.4, -0.2) is 51.7 Å². The maximum absolute atomic E-state index is 12.9. The van der Waals surface area contributed by atoms with Crippen molar-refractivity contribution in [2.45, 2.75) is 19.4 Å². The smallest absolute Gasteiger partial charge is 0.270 e. The SMILES string of the molecule is Cc1ccc(C(=O)c2ccc(C(=O)C[C@@H]3CNC[C@H]3NC(=O)c3ccnc(N)n3)cc2)c(O)c1. The Balaban J connectivity index is 1.40. The van der Waals surface area contributed by atoms with E-state index in [0.717, 1.165) is 5.56 Å². The fraction of sp³-hybridized carbons (Fsp3) is 0.240. The standard InChI is InChI=1S/C25H25N5O4/c1-14-2-7-18(22(32)10-14)23(33)16-5-3-15(4-6-16)21(31)11-17-12-27-13-20(17)29-24(34)19-8-9-28-25(26)30-19/h2-10,17,20,27,32H,11-13H2,1H3,(H,29,34)(H2,26,28,30)/t17-,20-/m1/s1. The van der Waals surface area contributed by atoms with Crippen molar-refractivity contribution < 1.29 is 19.5 Å². The number of nitrogens with one attached hydrogen (secondary N) is 2. The molecule has 0 spiro atoms. The number of rotatable bonds is 7. The first-order chi connectivity index (χ1) is 16.3. The van der Waals surface area contributed by atoms with Gasteiger partial charge in [-0.15, -0.1) is 0 Å². The molecular formula is C25H25N5O4. The number of Topliss-reactive ketones (excluding diaryl/α,β-unsaturated/α-hetero) is 1. The molecule has 0 radical (unpaired) electrons. The van der Waals surface area contributed by atoms with Gasteiger partial charge in [-0.1, -0.05) is 30.3 Å². The molecule has 9 nitrogen and oxygen atoms in total. The Bertz CT molecular complexity index is 1240. The molecule has 34 heavy (non-hydrogen) atoms. The normalized spacial score (nSPS) is 17.3. The number of aromatic nitrogens is 2. The first kappa shape index (κ1) is 23.1. The number of aryl methyl sites for hydroxylation is 1. The van der Waals surface area contributed by atoms with Crippen LogP contribution in [0.25, 0.3) is 0 Å². The predicted octanol–water partition coefficient (Wildman–Crippen LogP) is 1.89. The third-order valence-corrected chi connectivity index (χ3v) is 5.88. The Labute approximate surface area is 196 Å². The third kappa shape index (κ3) is 5.10. The lowest BCUT2D eigenvalue weighted by Gasteiger charge is -2.19. The molecule has 5 N–H and O–H groups in total. The van der Waals surface area contributed by atoms with Crippen molar-refractivity contribution in [2.75, 3.05) is 18.8 Å². The van der Waals surface area contributed by atoms with Crippen molar-refractivity contribution in [2.24, 2.45) is 5.92 Å². The predicted molar refractivity (Wildman–Crippen MR) is 126 cm³/mol. The molecule has 1 aromatic heterocycles. The van der Waals surface area contributed by atoms with Crippen LogP contribution in [0.2, 0.25) is 0 Å². The zero-order valence-electron chi connectivity index (χ0n) is 18.6. The van der Waals surface area contributed by atoms with E-state index in [4.69, 9.17) is 5.73 Å². The maximum Gasteiger partial charge on any atom is 0.270 e. The number of phenolic OH excluding ortho intramolecular Hbond substituents is 1. The Morgan fingerprint density at radius 2 is 1.82 bits per heavy atom. The van der Waals surface area contributed by atoms with Crippen LogP contribution in [0.3, 0.4) is 0 Å². The number of anilines is 1. The second-order valence-electron chi connectivity index (χ2n) is 8.35. The molecule has 1 aliphatic heterocycles. The van der Waals surface area contributed by atoms with Gasteiger partial charge in [0.05, 0.1) is 5.56 Å². The van der Waals surface area contributed by atoms with Crippen LogP contribution in [0.1, 0.15) is 48.8 Å². The van der Waals surface area contributed by atoms with E-state index in [0.29, 0.717) is 24.2 Å². The summed E-state index contributed by atoms with van der Waals surface area (Å²) < 4.78 is 0. The minimum atomic E-state index is -0.373. The first-order valence-electron chi connectivity index (χ1n) is 10.9. The topological polar surface area (TPSA) is 147 Å². The van der Waals surface area contributed by atoms with Gasteiger partial charge in [0.2, 0.25) is 5.95 Å². The summed E-state index contributed by atoms with van der Waals surface area (Å²) >= 11 is 0. The van der Waals surface area contributed by atoms with Gasteiger partial charge in [-0.25, -0.2) is 9.97 Å². The minimum absolute atomic E-state index is 0.0171. The molecule has 4 rings (SSSR count). The van der Waals surface area contributed by atoms with Crippen molar-refractivity contribution in [1.29, 1.82) is 0 Å². The van der Waals surface area contributed by atoms with E-state index in [-0.39, 0.29) is 58.8 Å². The van der Waals surface area contributed by atoms with Gasteiger partial charge in [0.15, 0.2) is 11.6 Å². The number of benzene rings is 2. The van der Waals surface area contributed by atoms with Gasteiger partial charge in [-0.05, 0) is 30.7 Å². The van der Waals surface area contributed by atoms with Crippen LogP contribution in [-0.2, 0) is 0 Å². The van der Waals surface area contributed by atoms with Crippen LogP contribution in [0.4, 0.5) is 5.95 Å². The minimum Gasteiger partial charge on any atom is -0.507 e. The number of ketones is 2. The Kier molecular flexibility index (Phi) is 6.65. The van der Waals surface area contributed by atoms with Crippen molar-refractivity contribution >= 4 is 23.4 Å². The van der Waals surface area contributed by atoms with E-state index >= 15 is 0 Å². The number of aromatic hydroxyl groups is 1. The summed E-state index contributed by atoms with van der Waals surface area (Å²) in [6.45, 7) is 2.96. The van der Waals surface area contributed by atoms with Crippen LogP contribution in [0.15, 0.2) is 54.7 Å². The average molecular weight is 460 g/mol. The molecule has 0 aliphatic carbocycles. The summed E-state index contributed by atoms with van der Waals surface area (Å²) in [5, 5.41) is 16.2. The molecule has 0 saturated carbocycles. The molecule has 1 amide bonds. The molecule has 1 saturated heterocycles. The summed E-state index contributed by atoms with van der Waals surface area (Å²) in [6, 6.07) is 12.5. The quantitative estimate of drug-likeness (QED) is 0.392. The summed E-state index contributed by atoms with van der Waals surface area (Å²) in [7, 11) is 0. The number of carbonyl (C=O) groups is 3. The average Bonchev–Trinajstić information content (AvgIpc) is 3.25. The molecule has 2 aromatic carbocycles. The van der Waals surface area contributed by atoms with E-state index in [9.17, 15) is 19.5 Å². The highest BCUT2D eigenvalue weighted by molar-refractivity contribution is 6.11. The first-order valence-corrected chi connectivity index (χ1v) is 10.9. The van der Waals surface area contributed by atoms with Gasteiger partial charge in [-0.3, -0.25) is 14.4 Å². The number of amides is 1. The zero-order chi connectivity index (χ0) is 24.2. The molecule has 3 aromatic rings. The zero-order valence-corrected chi connectivity index (χ0v) is 18.6. The van der Waals surface area contributed by atoms with E-state index < -0.39 is 0 Å². The molecule has 1 fully saturated rings. The van der Waals surface area contributed by atoms with E-state index in [1.807, 2.05) is 6.92 Å². The Morgan fingerprint density at radius 1 is 1.09 bits per heavy atom. The second kappa shape index (κ2) is 9.80. The number of nitrogen functional groups attached to an aromatic ring is 1. The fourth-order valence-electron chi connectivity index (χ4n) is 4.01. The van der Waals surface area contributed by atoms with Gasteiger partial charge in [0, 0.05) is 48.8 Å². The highest BCUT2D eigenvalue weighted by Gasteiger charge is 2.31. The van der Waals surface area contributed by atoms with Crippen molar-refractivity contribution in [3.8, 4) is 5.75 Å². The van der Waals surface area contributed by atoms with Gasteiger partial charge in [0.1, 0.15) is 11.4 Å². The summed E-state index contributed by atoms with van der Waals surface area (Å²) in [6.07, 6.45) is 1.65. The Hall–Kier alpha value is -4.11. The maximum atomic E-state index is 12.9. The van der Waals surface area contributed by atoms with Crippen molar-refractivity contribution in [1.82, 2.24) is 20.6 Å². The molecule has 174 valence electrons. The van der Waals surface area contributed by atoms with Crippen LogP contribution < -0.4 is 16.4 Å². The van der Waals surface area contributed by atoms with E-state index in [2.05, 4.69) is 20.6 Å². The van der Waals surface area contributed by atoms with Gasteiger partial charge in [0.25, 0.3) is 5.91 Å². The van der Waals surface area contributed by atoms with Gasteiger partial charge in [-0.2, -0.15) is 0 Å². The van der Waals surface area contributed by atoms with Crippen molar-refractivity contribution in [3.05, 3.63) is 82.7 Å². The fourth-order valence-corrected chi connectivity index (χ4v) is 4.01. The summed E-state index contributed by atoms with van der Waals surface area (Å²) in [5.41, 5.74) is 7.64. The third-order valence-electron chi connectivity index (χ3n) is 5.88. The van der Waals surface area contributed by atoms with Gasteiger partial charge < -0.3 is 21.5 Å². The largest absolute Gasteiger partial charge is 0.507 e. The lowest BCUT2D eigenvalue weighted by Crippen LogP contribution is -2.41. The Morgan fingerprint density at radius 3 is 2.53 bits per heavy atom. The lowest BCUT2D eigenvalue weighted by molar-refractivity contribution is 0.0899. The van der Waals surface area contributed by atoms with E-state index in [1.165, 1.54) is 18.3 Å². The molecule has 1 aliphatic rings. The summed E-state index contributed by atoms with van der Waals surface area (Å²) in [5.74, 6) is -0.926. The number of hydrogen-bond acceptors (Lipinski definition) is 8. The van der Waals surface area contributed by atoms with Crippen LogP contribution in [0, 0.1) is 12.8 Å². The number of nitrogens with zero attached hydrogens (tertiary/aromatic N) is 2. The van der Waals surface area contributed by atoms with Gasteiger partial charge >= 0.3 is 0 Å². The molecular weight excluding hydrogens is 434 g/mol. The molecule has 2 atom stereocenters. The molecule has 9 heteroatoms. The number of nitrogens with two attached hydrogens (primary N) is 1. The highest BCUT2D eigenvalue weighted by Crippen LogP contribution is 2.23. The summed E-state index contributed by atoms with van der Waals surface area (Å²) in [4.78, 5) is 45.8.